The summed E-state index contributed by atoms with van der Waals surface area (Å²) in [6, 6.07) is 0. The molecule has 0 amide bonds. The average Bonchev–Trinajstić information content (AvgIpc) is 1.82. The van der Waals surface area contributed by atoms with Gasteiger partial charge in [-0.3, -0.25) is 4.79 Å². The van der Waals surface area contributed by atoms with E-state index in [0.29, 0.717) is 6.61 Å². The Morgan fingerprint density at radius 2 is 1.20 bits per heavy atom. The molecular formula is C6H13KO8. The van der Waals surface area contributed by atoms with Gasteiger partial charge in [0, 0.05) is 6.92 Å². The molecule has 15 heavy (non-hydrogen) atoms. The molecular weight excluding hydrogens is 239 g/mol. The Morgan fingerprint density at radius 1 is 1.00 bits per heavy atom. The third-order valence-electron chi connectivity index (χ3n) is 0.348. The van der Waals surface area contributed by atoms with Crippen LogP contribution in [0.5, 0.6) is 0 Å². The summed E-state index contributed by atoms with van der Waals surface area (Å²) in [7, 11) is 0. The molecule has 0 heterocycles. The van der Waals surface area contributed by atoms with Crippen molar-refractivity contribution in [2.45, 2.75) is 13.8 Å². The Labute approximate surface area is 128 Å². The Morgan fingerprint density at radius 3 is 1.20 bits per heavy atom. The van der Waals surface area contributed by atoms with Gasteiger partial charge in [-0.05, 0) is 6.92 Å². The molecule has 8 nitrogen and oxygen atoms in total. The molecule has 0 aliphatic rings. The zero-order chi connectivity index (χ0) is 12.1. The van der Waals surface area contributed by atoms with Gasteiger partial charge in [-0.1, -0.05) is 0 Å². The van der Waals surface area contributed by atoms with Gasteiger partial charge in [-0.2, -0.15) is 0 Å². The van der Waals surface area contributed by atoms with Gasteiger partial charge in [-0.25, -0.2) is 9.59 Å². The zero-order valence-electron chi connectivity index (χ0n) is 7.63. The SMILES string of the molecule is CCOC(C)=O.O=C(O)O.O=C(O)O.[KH]. The molecule has 0 unspecified atom stereocenters. The normalized spacial score (nSPS) is 6.27. The van der Waals surface area contributed by atoms with Crippen LogP contribution in [-0.4, -0.2) is 96.7 Å². The maximum absolute atomic E-state index is 9.82. The van der Waals surface area contributed by atoms with Crippen molar-refractivity contribution in [3.05, 3.63) is 0 Å². The second-order valence-corrected chi connectivity index (χ2v) is 1.49. The van der Waals surface area contributed by atoms with Crippen LogP contribution in [0.4, 0.5) is 9.59 Å². The second kappa shape index (κ2) is 19.3. The fourth-order valence-electron chi connectivity index (χ4n) is 0.203. The molecule has 0 atom stereocenters. The van der Waals surface area contributed by atoms with E-state index in [1.54, 1.807) is 6.92 Å². The number of ether oxygens (including phenoxy) is 1. The van der Waals surface area contributed by atoms with Crippen LogP contribution in [0, 0.1) is 0 Å². The molecule has 0 saturated carbocycles. The van der Waals surface area contributed by atoms with Crippen LogP contribution < -0.4 is 0 Å². The Balaban J connectivity index is -0.0000000606. The van der Waals surface area contributed by atoms with E-state index in [1.165, 1.54) is 6.92 Å². The van der Waals surface area contributed by atoms with Crippen LogP contribution in [0.3, 0.4) is 0 Å². The molecule has 0 rings (SSSR count). The van der Waals surface area contributed by atoms with Crippen LogP contribution in [0.1, 0.15) is 13.8 Å². The summed E-state index contributed by atoms with van der Waals surface area (Å²) in [5.41, 5.74) is 0. The standard InChI is InChI=1S/C4H8O2.2CH2O3.K.H/c1-3-6-4(2)5;2*2-1(3)4;;/h3H2,1-2H3;2*(H2,2,3,4);;. The number of hydrogen-bond donors (Lipinski definition) is 4. The Bertz CT molecular complexity index is 160. The molecule has 0 aliphatic carbocycles. The number of carbonyl (C=O) groups excluding carboxylic acids is 1. The van der Waals surface area contributed by atoms with E-state index >= 15 is 0 Å². The summed E-state index contributed by atoms with van der Waals surface area (Å²) in [6.45, 7) is 3.65. The first-order chi connectivity index (χ1) is 6.23. The summed E-state index contributed by atoms with van der Waals surface area (Å²) in [6.07, 6.45) is -3.67. The minimum atomic E-state index is -1.83. The van der Waals surface area contributed by atoms with E-state index < -0.39 is 12.3 Å². The number of rotatable bonds is 1. The number of hydrogen-bond acceptors (Lipinski definition) is 4. The summed E-state index contributed by atoms with van der Waals surface area (Å²) in [5, 5.41) is 27.9. The fourth-order valence-corrected chi connectivity index (χ4v) is 0.203. The first kappa shape index (κ1) is 24.1. The molecule has 0 saturated heterocycles. The van der Waals surface area contributed by atoms with E-state index in [1.807, 2.05) is 0 Å². The van der Waals surface area contributed by atoms with Crippen LogP contribution in [-0.2, 0) is 9.53 Å². The van der Waals surface area contributed by atoms with Crippen molar-refractivity contribution >= 4 is 69.7 Å². The van der Waals surface area contributed by atoms with Crippen molar-refractivity contribution in [3.63, 3.8) is 0 Å². The van der Waals surface area contributed by atoms with Crippen molar-refractivity contribution in [2.75, 3.05) is 6.61 Å². The first-order valence-electron chi connectivity index (χ1n) is 3.21. The third kappa shape index (κ3) is 264. The van der Waals surface area contributed by atoms with E-state index in [4.69, 9.17) is 30.0 Å². The molecule has 0 bridgehead atoms. The average molecular weight is 252 g/mol. The molecule has 86 valence electrons. The molecule has 0 aromatic rings. The van der Waals surface area contributed by atoms with E-state index in [0.717, 1.165) is 0 Å². The molecule has 0 spiro atoms. The van der Waals surface area contributed by atoms with Crippen molar-refractivity contribution in [1.82, 2.24) is 0 Å². The third-order valence-corrected chi connectivity index (χ3v) is 0.348. The molecule has 0 aromatic heterocycles. The van der Waals surface area contributed by atoms with Gasteiger partial charge in [0.1, 0.15) is 0 Å². The van der Waals surface area contributed by atoms with E-state index in [2.05, 4.69) is 4.74 Å². The predicted molar refractivity (Wildman–Crippen MR) is 50.8 cm³/mol. The van der Waals surface area contributed by atoms with Crippen molar-refractivity contribution in [2.24, 2.45) is 0 Å². The molecule has 0 aliphatic heterocycles. The van der Waals surface area contributed by atoms with Gasteiger partial charge in [-0.15, -0.1) is 0 Å². The van der Waals surface area contributed by atoms with Gasteiger partial charge < -0.3 is 25.2 Å². The molecule has 0 fully saturated rings. The monoisotopic (exact) mass is 252 g/mol. The predicted octanol–water partition coefficient (Wildman–Crippen LogP) is 0.366. The van der Waals surface area contributed by atoms with E-state index in [-0.39, 0.29) is 57.4 Å². The summed E-state index contributed by atoms with van der Waals surface area (Å²) >= 11 is 0. The number of carboxylic acid groups (broad SMARTS) is 4. The van der Waals surface area contributed by atoms with Crippen LogP contribution >= 0.6 is 0 Å². The van der Waals surface area contributed by atoms with Gasteiger partial charge in [0.25, 0.3) is 0 Å². The molecule has 9 heteroatoms. The molecule has 0 aromatic carbocycles. The molecule has 0 radical (unpaired) electrons. The zero-order valence-corrected chi connectivity index (χ0v) is 7.63. The summed E-state index contributed by atoms with van der Waals surface area (Å²) < 4.78 is 4.40. The van der Waals surface area contributed by atoms with Crippen molar-refractivity contribution in [3.8, 4) is 0 Å². The second-order valence-electron chi connectivity index (χ2n) is 1.49. The van der Waals surface area contributed by atoms with Gasteiger partial charge >= 0.3 is 69.7 Å². The van der Waals surface area contributed by atoms with Crippen molar-refractivity contribution in [1.29, 1.82) is 0 Å². The van der Waals surface area contributed by atoms with Gasteiger partial charge in [0.15, 0.2) is 0 Å². The molecule has 4 N–H and O–H groups in total. The van der Waals surface area contributed by atoms with Crippen LogP contribution in [0.2, 0.25) is 0 Å². The quantitative estimate of drug-likeness (QED) is 0.387. The van der Waals surface area contributed by atoms with E-state index in [9.17, 15) is 4.79 Å². The number of carbonyl (C=O) groups is 3. The minimum absolute atomic E-state index is 0. The Hall–Kier alpha value is -0.354. The van der Waals surface area contributed by atoms with Crippen molar-refractivity contribution < 1.29 is 39.5 Å². The van der Waals surface area contributed by atoms with Crippen LogP contribution in [0.15, 0.2) is 0 Å². The fraction of sp³-hybridized carbons (Fsp3) is 0.500. The Kier molecular flexibility index (Phi) is 30.9. The summed E-state index contributed by atoms with van der Waals surface area (Å²) in [4.78, 5) is 26.9. The summed E-state index contributed by atoms with van der Waals surface area (Å²) in [5.74, 6) is -0.211. The number of esters is 1. The van der Waals surface area contributed by atoms with Gasteiger partial charge in [0.05, 0.1) is 6.61 Å². The topological polar surface area (TPSA) is 141 Å². The van der Waals surface area contributed by atoms with Gasteiger partial charge in [0.2, 0.25) is 0 Å². The maximum atomic E-state index is 9.82. The first-order valence-corrected chi connectivity index (χ1v) is 3.21. The van der Waals surface area contributed by atoms with Crippen LogP contribution in [0.25, 0.3) is 0 Å².